The van der Waals surface area contributed by atoms with Gasteiger partial charge in [0.2, 0.25) is 5.91 Å². The average molecular weight is 359 g/mol. The summed E-state index contributed by atoms with van der Waals surface area (Å²) in [4.78, 5) is 11.8. The number of carbonyl (C=O) groups is 1. The minimum Gasteiger partial charge on any atom is -0.382 e. The van der Waals surface area contributed by atoms with Crippen LogP contribution in [0.25, 0.3) is 0 Å². The smallest absolute Gasteiger partial charge is 0.246 e. The number of ether oxygens (including phenoxy) is 3. The van der Waals surface area contributed by atoms with E-state index in [4.69, 9.17) is 14.2 Å². The third kappa shape index (κ3) is 5.14. The van der Waals surface area contributed by atoms with Crippen molar-refractivity contribution in [3.63, 3.8) is 0 Å². The second kappa shape index (κ2) is 9.47. The van der Waals surface area contributed by atoms with Crippen molar-refractivity contribution in [2.75, 3.05) is 40.1 Å². The van der Waals surface area contributed by atoms with Crippen LogP contribution >= 0.6 is 0 Å². The van der Waals surface area contributed by atoms with E-state index < -0.39 is 0 Å². The van der Waals surface area contributed by atoms with Crippen LogP contribution in [0.2, 0.25) is 0 Å². The summed E-state index contributed by atoms with van der Waals surface area (Å²) in [5.41, 5.74) is 3.29. The number of benzene rings is 1. The van der Waals surface area contributed by atoms with Crippen molar-refractivity contribution in [3.8, 4) is 0 Å². The molecule has 1 aliphatic heterocycles. The molecule has 1 amide bonds. The highest BCUT2D eigenvalue weighted by Gasteiger charge is 2.25. The van der Waals surface area contributed by atoms with E-state index in [0.29, 0.717) is 26.4 Å². The van der Waals surface area contributed by atoms with Crippen molar-refractivity contribution in [1.29, 1.82) is 0 Å². The summed E-state index contributed by atoms with van der Waals surface area (Å²) in [5, 5.41) is 7.53. The molecule has 1 aromatic carbocycles. The number of rotatable bonds is 9. The molecule has 3 rings (SSSR count). The van der Waals surface area contributed by atoms with Gasteiger partial charge in [-0.2, -0.15) is 5.10 Å². The summed E-state index contributed by atoms with van der Waals surface area (Å²) in [6, 6.07) is 10.2. The average Bonchev–Trinajstić information content (AvgIpc) is 3.07. The van der Waals surface area contributed by atoms with Gasteiger partial charge in [0, 0.05) is 19.9 Å². The Morgan fingerprint density at radius 2 is 2.19 bits per heavy atom. The molecule has 0 saturated carbocycles. The highest BCUT2D eigenvalue weighted by atomic mass is 16.5. The zero-order chi connectivity index (χ0) is 18.2. The Morgan fingerprint density at radius 3 is 3.00 bits per heavy atom. The Hall–Kier alpha value is -2.22. The molecule has 0 fully saturated rings. The van der Waals surface area contributed by atoms with Crippen LogP contribution in [0, 0.1) is 0 Å². The summed E-state index contributed by atoms with van der Waals surface area (Å²) in [5.74, 6) is -0.166. The number of carbonyl (C=O) groups excluding carboxylic acids is 1. The second-order valence-corrected chi connectivity index (χ2v) is 6.18. The number of hydrogen-bond acceptors (Lipinski definition) is 5. The van der Waals surface area contributed by atoms with Crippen LogP contribution in [0.15, 0.2) is 36.5 Å². The molecule has 1 atom stereocenters. The number of amides is 1. The number of nitrogens with one attached hydrogen (secondary N) is 1. The summed E-state index contributed by atoms with van der Waals surface area (Å²) >= 11 is 0. The first kappa shape index (κ1) is 18.6. The Kier molecular flexibility index (Phi) is 6.76. The first-order chi connectivity index (χ1) is 12.8. The summed E-state index contributed by atoms with van der Waals surface area (Å²) in [6.45, 7) is 2.64. The summed E-state index contributed by atoms with van der Waals surface area (Å²) in [6.07, 6.45) is 2.70. The molecule has 0 spiro atoms. The Morgan fingerprint density at radius 1 is 1.35 bits per heavy atom. The molecule has 0 unspecified atom stereocenters. The molecule has 1 aliphatic rings. The molecule has 1 N–H and O–H groups in total. The number of nitrogens with zero attached hydrogens (tertiary/aromatic N) is 2. The lowest BCUT2D eigenvalue weighted by atomic mass is 10.1. The van der Waals surface area contributed by atoms with Crippen LogP contribution in [0.1, 0.15) is 22.9 Å². The summed E-state index contributed by atoms with van der Waals surface area (Å²) in [7, 11) is 1.60. The van der Waals surface area contributed by atoms with Crippen LogP contribution in [0.4, 0.5) is 0 Å². The van der Waals surface area contributed by atoms with Gasteiger partial charge in [0.25, 0.3) is 0 Å². The lowest BCUT2D eigenvalue weighted by Crippen LogP contribution is -2.34. The fraction of sp³-hybridized carbons (Fsp3) is 0.474. The number of methoxy groups -OCH3 is 1. The van der Waals surface area contributed by atoms with E-state index in [1.807, 2.05) is 22.9 Å². The van der Waals surface area contributed by atoms with Crippen LogP contribution in [0.3, 0.4) is 0 Å². The topological polar surface area (TPSA) is 74.6 Å². The molecule has 7 nitrogen and oxygen atoms in total. The zero-order valence-corrected chi connectivity index (χ0v) is 15.0. The van der Waals surface area contributed by atoms with E-state index >= 15 is 0 Å². The van der Waals surface area contributed by atoms with Crippen molar-refractivity contribution in [3.05, 3.63) is 53.3 Å². The monoisotopic (exact) mass is 359 g/mol. The Labute approximate surface area is 153 Å². The largest absolute Gasteiger partial charge is 0.382 e. The van der Waals surface area contributed by atoms with Crippen molar-refractivity contribution in [2.24, 2.45) is 0 Å². The quantitative estimate of drug-likeness (QED) is 0.684. The number of aromatic nitrogens is 2. The maximum Gasteiger partial charge on any atom is 0.246 e. The highest BCUT2D eigenvalue weighted by Crippen LogP contribution is 2.25. The van der Waals surface area contributed by atoms with E-state index in [9.17, 15) is 4.79 Å². The minimum atomic E-state index is -0.223. The molecule has 2 heterocycles. The lowest BCUT2D eigenvalue weighted by molar-refractivity contribution is -0.126. The van der Waals surface area contributed by atoms with E-state index in [0.717, 1.165) is 18.7 Å². The van der Waals surface area contributed by atoms with Crippen molar-refractivity contribution >= 4 is 5.91 Å². The molecule has 2 aromatic rings. The molecule has 0 aliphatic carbocycles. The van der Waals surface area contributed by atoms with E-state index in [2.05, 4.69) is 28.7 Å². The van der Waals surface area contributed by atoms with E-state index in [1.165, 1.54) is 11.1 Å². The standard InChI is InChI=1S/C19H25N3O4/c1-24-9-10-25-14-18(23)20-11-17-19-16(7-8-26-17)13-22(21-19)12-15-5-3-2-4-6-15/h2-6,13,17H,7-12,14H2,1H3,(H,20,23)/t17-/m1/s1. The predicted octanol–water partition coefficient (Wildman–Crippen LogP) is 1.32. The van der Waals surface area contributed by atoms with Crippen LogP contribution < -0.4 is 5.32 Å². The van der Waals surface area contributed by atoms with Crippen molar-refractivity contribution in [2.45, 2.75) is 19.1 Å². The Bertz CT molecular complexity index is 702. The molecule has 7 heteroatoms. The van der Waals surface area contributed by atoms with Crippen molar-refractivity contribution in [1.82, 2.24) is 15.1 Å². The first-order valence-corrected chi connectivity index (χ1v) is 8.81. The maximum atomic E-state index is 11.8. The van der Waals surface area contributed by atoms with Crippen molar-refractivity contribution < 1.29 is 19.0 Å². The fourth-order valence-electron chi connectivity index (χ4n) is 2.90. The first-order valence-electron chi connectivity index (χ1n) is 8.81. The van der Waals surface area contributed by atoms with Gasteiger partial charge in [-0.25, -0.2) is 0 Å². The van der Waals surface area contributed by atoms with Gasteiger partial charge in [-0.1, -0.05) is 30.3 Å². The molecule has 0 radical (unpaired) electrons. The molecule has 0 bridgehead atoms. The third-order valence-electron chi connectivity index (χ3n) is 4.20. The van der Waals surface area contributed by atoms with Gasteiger partial charge in [-0.3, -0.25) is 9.48 Å². The zero-order valence-electron chi connectivity index (χ0n) is 15.0. The predicted molar refractivity (Wildman–Crippen MR) is 95.9 cm³/mol. The van der Waals surface area contributed by atoms with Crippen LogP contribution in [-0.2, 0) is 32.0 Å². The van der Waals surface area contributed by atoms with Gasteiger partial charge in [-0.05, 0) is 17.5 Å². The van der Waals surface area contributed by atoms with Crippen LogP contribution in [0.5, 0.6) is 0 Å². The minimum absolute atomic E-state index is 0.0192. The fourth-order valence-corrected chi connectivity index (χ4v) is 2.90. The van der Waals surface area contributed by atoms with Gasteiger partial charge in [-0.15, -0.1) is 0 Å². The SMILES string of the molecule is COCCOCC(=O)NC[C@H]1OCCc2cn(Cc3ccccc3)nc21. The van der Waals surface area contributed by atoms with Crippen LogP contribution in [-0.4, -0.2) is 55.8 Å². The molecule has 26 heavy (non-hydrogen) atoms. The lowest BCUT2D eigenvalue weighted by Gasteiger charge is -2.22. The number of hydrogen-bond donors (Lipinski definition) is 1. The van der Waals surface area contributed by atoms with Gasteiger partial charge in [0.05, 0.1) is 32.1 Å². The molecule has 140 valence electrons. The highest BCUT2D eigenvalue weighted by molar-refractivity contribution is 5.77. The number of fused-ring (bicyclic) bond motifs is 1. The molecular weight excluding hydrogens is 334 g/mol. The normalized spacial score (nSPS) is 16.3. The summed E-state index contributed by atoms with van der Waals surface area (Å²) < 4.78 is 17.8. The Balaban J connectivity index is 1.54. The third-order valence-corrected chi connectivity index (χ3v) is 4.20. The van der Waals surface area contributed by atoms with Gasteiger partial charge >= 0.3 is 0 Å². The van der Waals surface area contributed by atoms with E-state index in [1.54, 1.807) is 7.11 Å². The second-order valence-electron chi connectivity index (χ2n) is 6.18. The molecule has 1 aromatic heterocycles. The van der Waals surface area contributed by atoms with Gasteiger partial charge in [0.1, 0.15) is 12.7 Å². The molecule has 0 saturated heterocycles. The maximum absolute atomic E-state index is 11.8. The molecular formula is C19H25N3O4. The van der Waals surface area contributed by atoms with Gasteiger partial charge in [0.15, 0.2) is 0 Å². The van der Waals surface area contributed by atoms with E-state index in [-0.39, 0.29) is 18.6 Å². The van der Waals surface area contributed by atoms with Gasteiger partial charge < -0.3 is 19.5 Å².